The van der Waals surface area contributed by atoms with Gasteiger partial charge in [0.1, 0.15) is 4.47 Å². The predicted molar refractivity (Wildman–Crippen MR) is 83.4 cm³/mol. The molecule has 0 amide bonds. The lowest BCUT2D eigenvalue weighted by molar-refractivity contribution is 0.181. The lowest BCUT2D eigenvalue weighted by atomic mass is 10.4. The zero-order chi connectivity index (χ0) is 15.1. The average molecular weight is 356 g/mol. The van der Waals surface area contributed by atoms with Crippen molar-refractivity contribution in [3.8, 4) is 0 Å². The standard InChI is InChI=1S/C13H18BrN5O2/c1-21-9-8-19-13(20)12(14)11(10-17-19)15-4-2-6-18-7-3-5-16-18/h3,5,7,10,15H,2,4,6,8-9H2,1H3. The van der Waals surface area contributed by atoms with Crippen LogP contribution in [0.15, 0.2) is 33.9 Å². The van der Waals surface area contributed by atoms with E-state index in [1.165, 1.54) is 4.68 Å². The van der Waals surface area contributed by atoms with Crippen LogP contribution >= 0.6 is 15.9 Å². The fourth-order valence-corrected chi connectivity index (χ4v) is 2.27. The average Bonchev–Trinajstić information content (AvgIpc) is 3.00. The smallest absolute Gasteiger partial charge is 0.283 e. The van der Waals surface area contributed by atoms with E-state index in [9.17, 15) is 4.79 Å². The number of methoxy groups -OCH3 is 1. The summed E-state index contributed by atoms with van der Waals surface area (Å²) in [4.78, 5) is 12.1. The number of nitrogens with zero attached hydrogens (tertiary/aromatic N) is 4. The molecular formula is C13H18BrN5O2. The van der Waals surface area contributed by atoms with Crippen molar-refractivity contribution < 1.29 is 4.74 Å². The molecule has 7 nitrogen and oxygen atoms in total. The molecule has 0 saturated carbocycles. The fourth-order valence-electron chi connectivity index (χ4n) is 1.82. The Bertz CT molecular complexity index is 612. The Hall–Kier alpha value is -1.67. The highest BCUT2D eigenvalue weighted by Gasteiger charge is 2.08. The monoisotopic (exact) mass is 355 g/mol. The van der Waals surface area contributed by atoms with Gasteiger partial charge in [0.25, 0.3) is 5.56 Å². The van der Waals surface area contributed by atoms with Gasteiger partial charge in [-0.15, -0.1) is 0 Å². The van der Waals surface area contributed by atoms with E-state index >= 15 is 0 Å². The third-order valence-electron chi connectivity index (χ3n) is 2.93. The number of ether oxygens (including phenoxy) is 1. The third kappa shape index (κ3) is 4.40. The lowest BCUT2D eigenvalue weighted by Crippen LogP contribution is -2.26. The highest BCUT2D eigenvalue weighted by atomic mass is 79.9. The third-order valence-corrected chi connectivity index (χ3v) is 3.70. The molecule has 0 unspecified atom stereocenters. The summed E-state index contributed by atoms with van der Waals surface area (Å²) in [6.07, 6.45) is 6.23. The first kappa shape index (κ1) is 15.7. The van der Waals surface area contributed by atoms with Crippen LogP contribution in [-0.2, 0) is 17.8 Å². The van der Waals surface area contributed by atoms with Gasteiger partial charge in [-0.05, 0) is 28.4 Å². The van der Waals surface area contributed by atoms with Crippen molar-refractivity contribution in [1.29, 1.82) is 0 Å². The van der Waals surface area contributed by atoms with Crippen LogP contribution in [0.3, 0.4) is 0 Å². The second kappa shape index (κ2) is 7.94. The summed E-state index contributed by atoms with van der Waals surface area (Å²) in [7, 11) is 1.59. The van der Waals surface area contributed by atoms with Gasteiger partial charge in [0.15, 0.2) is 0 Å². The van der Waals surface area contributed by atoms with Crippen LogP contribution in [0.4, 0.5) is 5.69 Å². The van der Waals surface area contributed by atoms with Crippen LogP contribution in [0.5, 0.6) is 0 Å². The zero-order valence-electron chi connectivity index (χ0n) is 11.8. The number of rotatable bonds is 8. The van der Waals surface area contributed by atoms with Crippen molar-refractivity contribution in [2.45, 2.75) is 19.5 Å². The SMILES string of the molecule is COCCn1ncc(NCCCn2cccn2)c(Br)c1=O. The Balaban J connectivity index is 1.88. The summed E-state index contributed by atoms with van der Waals surface area (Å²) in [5.41, 5.74) is 0.540. The van der Waals surface area contributed by atoms with Gasteiger partial charge in [-0.25, -0.2) is 4.68 Å². The molecular weight excluding hydrogens is 338 g/mol. The maximum Gasteiger partial charge on any atom is 0.283 e. The summed E-state index contributed by atoms with van der Waals surface area (Å²) >= 11 is 3.32. The van der Waals surface area contributed by atoms with E-state index in [1.807, 2.05) is 16.9 Å². The van der Waals surface area contributed by atoms with Gasteiger partial charge < -0.3 is 10.1 Å². The first-order valence-corrected chi connectivity index (χ1v) is 7.47. The summed E-state index contributed by atoms with van der Waals surface area (Å²) in [5.74, 6) is 0. The van der Waals surface area contributed by atoms with E-state index in [0.29, 0.717) is 23.3 Å². The number of hydrogen-bond acceptors (Lipinski definition) is 5. The maximum atomic E-state index is 12.1. The maximum absolute atomic E-state index is 12.1. The number of halogens is 1. The number of aromatic nitrogens is 4. The lowest BCUT2D eigenvalue weighted by Gasteiger charge is -2.10. The van der Waals surface area contributed by atoms with Crippen LogP contribution in [0, 0.1) is 0 Å². The largest absolute Gasteiger partial charge is 0.383 e. The summed E-state index contributed by atoms with van der Waals surface area (Å²) in [6.45, 7) is 2.46. The molecule has 2 heterocycles. The molecule has 8 heteroatoms. The molecule has 0 aliphatic heterocycles. The van der Waals surface area contributed by atoms with Crippen molar-refractivity contribution in [1.82, 2.24) is 19.6 Å². The quantitative estimate of drug-likeness (QED) is 0.723. The molecule has 21 heavy (non-hydrogen) atoms. The molecule has 2 aromatic heterocycles. The van der Waals surface area contributed by atoms with Crippen molar-refractivity contribution in [3.63, 3.8) is 0 Å². The summed E-state index contributed by atoms with van der Waals surface area (Å²) in [5, 5.41) is 11.5. The molecule has 0 atom stereocenters. The first-order valence-electron chi connectivity index (χ1n) is 6.68. The minimum atomic E-state index is -0.163. The zero-order valence-corrected chi connectivity index (χ0v) is 13.4. The molecule has 114 valence electrons. The van der Waals surface area contributed by atoms with Crippen molar-refractivity contribution in [2.24, 2.45) is 0 Å². The second-order valence-electron chi connectivity index (χ2n) is 4.44. The van der Waals surface area contributed by atoms with E-state index in [1.54, 1.807) is 19.5 Å². The Morgan fingerprint density at radius 3 is 2.95 bits per heavy atom. The minimum Gasteiger partial charge on any atom is -0.383 e. The van der Waals surface area contributed by atoms with Crippen molar-refractivity contribution >= 4 is 21.6 Å². The Morgan fingerprint density at radius 1 is 1.38 bits per heavy atom. The van der Waals surface area contributed by atoms with E-state index in [4.69, 9.17) is 4.74 Å². The van der Waals surface area contributed by atoms with Gasteiger partial charge in [-0.1, -0.05) is 0 Å². The van der Waals surface area contributed by atoms with Gasteiger partial charge in [0, 0.05) is 32.6 Å². The number of aryl methyl sites for hydroxylation is 1. The molecule has 0 radical (unpaired) electrons. The Morgan fingerprint density at radius 2 is 2.24 bits per heavy atom. The van der Waals surface area contributed by atoms with Gasteiger partial charge in [-0.3, -0.25) is 9.48 Å². The van der Waals surface area contributed by atoms with Crippen LogP contribution in [-0.4, -0.2) is 39.8 Å². The van der Waals surface area contributed by atoms with E-state index in [0.717, 1.165) is 19.5 Å². The predicted octanol–water partition coefficient (Wildman–Crippen LogP) is 1.35. The molecule has 0 saturated heterocycles. The topological polar surface area (TPSA) is 74.0 Å². The van der Waals surface area contributed by atoms with Gasteiger partial charge in [0.2, 0.25) is 0 Å². The Kier molecular flexibility index (Phi) is 5.94. The van der Waals surface area contributed by atoms with E-state index in [-0.39, 0.29) is 5.56 Å². The molecule has 0 spiro atoms. The second-order valence-corrected chi connectivity index (χ2v) is 5.24. The molecule has 1 N–H and O–H groups in total. The highest BCUT2D eigenvalue weighted by molar-refractivity contribution is 9.10. The number of nitrogens with one attached hydrogen (secondary N) is 1. The van der Waals surface area contributed by atoms with Crippen LogP contribution in [0.1, 0.15) is 6.42 Å². The van der Waals surface area contributed by atoms with E-state index in [2.05, 4.69) is 31.4 Å². The fraction of sp³-hybridized carbons (Fsp3) is 0.462. The molecule has 0 aromatic carbocycles. The number of anilines is 1. The van der Waals surface area contributed by atoms with Crippen molar-refractivity contribution in [2.75, 3.05) is 25.6 Å². The van der Waals surface area contributed by atoms with E-state index < -0.39 is 0 Å². The van der Waals surface area contributed by atoms with Crippen molar-refractivity contribution in [3.05, 3.63) is 39.5 Å². The summed E-state index contributed by atoms with van der Waals surface area (Å²) < 4.78 is 8.69. The van der Waals surface area contributed by atoms with Gasteiger partial charge in [-0.2, -0.15) is 10.2 Å². The van der Waals surface area contributed by atoms with Crippen LogP contribution < -0.4 is 10.9 Å². The van der Waals surface area contributed by atoms with Crippen LogP contribution in [0.2, 0.25) is 0 Å². The normalized spacial score (nSPS) is 10.8. The summed E-state index contributed by atoms with van der Waals surface area (Å²) in [6, 6.07) is 1.90. The van der Waals surface area contributed by atoms with Gasteiger partial charge >= 0.3 is 0 Å². The molecule has 0 aliphatic rings. The Labute approximate surface area is 131 Å². The molecule has 0 fully saturated rings. The first-order chi connectivity index (χ1) is 10.2. The molecule has 2 rings (SSSR count). The van der Waals surface area contributed by atoms with Crippen LogP contribution in [0.25, 0.3) is 0 Å². The highest BCUT2D eigenvalue weighted by Crippen LogP contribution is 2.15. The van der Waals surface area contributed by atoms with Gasteiger partial charge in [0.05, 0.1) is 25.0 Å². The number of hydrogen-bond donors (Lipinski definition) is 1. The minimum absolute atomic E-state index is 0.163. The molecule has 0 aliphatic carbocycles. The molecule has 2 aromatic rings. The molecule has 0 bridgehead atoms.